The molecule has 148 valence electrons. The molecule has 0 unspecified atom stereocenters. The summed E-state index contributed by atoms with van der Waals surface area (Å²) < 4.78 is 5.56. The van der Waals surface area contributed by atoms with Crippen LogP contribution in [0.25, 0.3) is 0 Å². The van der Waals surface area contributed by atoms with Crippen LogP contribution < -0.4 is 0 Å². The number of aliphatic hydroxyl groups excluding tert-OH is 1. The van der Waals surface area contributed by atoms with E-state index in [0.717, 1.165) is 58.8 Å². The molecule has 5 heteroatoms. The molecule has 3 aliphatic rings. The minimum absolute atomic E-state index is 0.102. The quantitative estimate of drug-likeness (QED) is 0.887. The smallest absolute Gasteiger partial charge is 0.0834 e. The van der Waals surface area contributed by atoms with E-state index in [-0.39, 0.29) is 17.6 Å². The summed E-state index contributed by atoms with van der Waals surface area (Å²) in [6.45, 7) is 6.29. The van der Waals surface area contributed by atoms with Gasteiger partial charge in [0, 0.05) is 37.4 Å². The Hall–Kier alpha value is -1.79. The van der Waals surface area contributed by atoms with Crippen molar-refractivity contribution in [2.75, 3.05) is 39.4 Å². The van der Waals surface area contributed by atoms with Crippen LogP contribution in [0.1, 0.15) is 35.6 Å². The van der Waals surface area contributed by atoms with Crippen LogP contribution in [0.4, 0.5) is 0 Å². The standard InChI is InChI=1S/C23H29N3O2/c27-22-21(26-12-14-28-15-13-26)19-5-1-2-6-20(19)23(22)7-10-25(11-8-23)17-18-4-3-9-24-16-18/h1-6,9,16,21-22,27H,7-8,10-15,17H2/t21-,22+/m1/s1. The van der Waals surface area contributed by atoms with Crippen molar-refractivity contribution < 1.29 is 9.84 Å². The third-order valence-corrected chi connectivity index (χ3v) is 7.00. The summed E-state index contributed by atoms with van der Waals surface area (Å²) in [4.78, 5) is 9.18. The molecule has 2 atom stereocenters. The molecule has 2 aromatic rings. The van der Waals surface area contributed by atoms with Gasteiger partial charge in [0.1, 0.15) is 0 Å². The first-order valence-electron chi connectivity index (χ1n) is 10.5. The highest BCUT2D eigenvalue weighted by Gasteiger charge is 2.53. The highest BCUT2D eigenvalue weighted by molar-refractivity contribution is 5.45. The van der Waals surface area contributed by atoms with Gasteiger partial charge in [-0.1, -0.05) is 30.3 Å². The van der Waals surface area contributed by atoms with Crippen molar-refractivity contribution >= 4 is 0 Å². The van der Waals surface area contributed by atoms with E-state index in [1.165, 1.54) is 16.7 Å². The van der Waals surface area contributed by atoms with E-state index in [1.54, 1.807) is 0 Å². The molecule has 1 aromatic carbocycles. The third-order valence-electron chi connectivity index (χ3n) is 7.00. The van der Waals surface area contributed by atoms with E-state index >= 15 is 0 Å². The average Bonchev–Trinajstić information content (AvgIpc) is 2.99. The van der Waals surface area contributed by atoms with Gasteiger partial charge in [-0.25, -0.2) is 0 Å². The fourth-order valence-corrected chi connectivity index (χ4v) is 5.52. The molecule has 2 saturated heterocycles. The first-order valence-corrected chi connectivity index (χ1v) is 10.5. The second-order valence-electron chi connectivity index (χ2n) is 8.42. The van der Waals surface area contributed by atoms with Gasteiger partial charge < -0.3 is 9.84 Å². The minimum atomic E-state index is -0.344. The third kappa shape index (κ3) is 3.07. The summed E-state index contributed by atoms with van der Waals surface area (Å²) in [6, 6.07) is 13.0. The number of piperidine rings is 1. The molecule has 1 aromatic heterocycles. The van der Waals surface area contributed by atoms with E-state index in [4.69, 9.17) is 4.74 Å². The van der Waals surface area contributed by atoms with Gasteiger partial charge in [0.25, 0.3) is 0 Å². The number of ether oxygens (including phenoxy) is 1. The van der Waals surface area contributed by atoms with Crippen molar-refractivity contribution in [2.45, 2.75) is 36.9 Å². The lowest BCUT2D eigenvalue weighted by atomic mass is 9.72. The van der Waals surface area contributed by atoms with E-state index in [0.29, 0.717) is 0 Å². The Morgan fingerprint density at radius 1 is 1.04 bits per heavy atom. The van der Waals surface area contributed by atoms with Gasteiger partial charge in [-0.05, 0) is 48.7 Å². The number of hydrogen-bond acceptors (Lipinski definition) is 5. The molecule has 2 aliphatic heterocycles. The summed E-state index contributed by atoms with van der Waals surface area (Å²) in [5.74, 6) is 0. The van der Waals surface area contributed by atoms with E-state index in [1.807, 2.05) is 18.5 Å². The van der Waals surface area contributed by atoms with Crippen LogP contribution >= 0.6 is 0 Å². The van der Waals surface area contributed by atoms with Crippen molar-refractivity contribution in [3.05, 3.63) is 65.5 Å². The Morgan fingerprint density at radius 3 is 2.57 bits per heavy atom. The zero-order valence-corrected chi connectivity index (χ0v) is 16.3. The molecule has 3 heterocycles. The van der Waals surface area contributed by atoms with Crippen LogP contribution in [0.3, 0.4) is 0 Å². The number of aromatic nitrogens is 1. The maximum atomic E-state index is 11.6. The molecule has 2 fully saturated rings. The summed E-state index contributed by atoms with van der Waals surface area (Å²) in [7, 11) is 0. The number of hydrogen-bond donors (Lipinski definition) is 1. The van der Waals surface area contributed by atoms with Gasteiger partial charge >= 0.3 is 0 Å². The molecular formula is C23H29N3O2. The number of rotatable bonds is 3. The first kappa shape index (κ1) is 18.3. The Morgan fingerprint density at radius 2 is 1.82 bits per heavy atom. The Balaban J connectivity index is 1.37. The lowest BCUT2D eigenvalue weighted by Crippen LogP contribution is -2.51. The monoisotopic (exact) mass is 379 g/mol. The Kier molecular flexibility index (Phi) is 4.93. The van der Waals surface area contributed by atoms with Gasteiger partial charge in [-0.2, -0.15) is 0 Å². The summed E-state index contributed by atoms with van der Waals surface area (Å²) >= 11 is 0. The van der Waals surface area contributed by atoms with Gasteiger partial charge in [0.15, 0.2) is 0 Å². The van der Waals surface area contributed by atoms with Crippen molar-refractivity contribution in [3.8, 4) is 0 Å². The number of benzene rings is 1. The van der Waals surface area contributed by atoms with E-state index in [9.17, 15) is 5.11 Å². The maximum absolute atomic E-state index is 11.6. The van der Waals surface area contributed by atoms with Crippen LogP contribution in [0.5, 0.6) is 0 Å². The summed E-state index contributed by atoms with van der Waals surface area (Å²) in [6.07, 6.45) is 5.45. The average molecular weight is 380 g/mol. The number of aliphatic hydroxyl groups is 1. The zero-order chi connectivity index (χ0) is 19.0. The van der Waals surface area contributed by atoms with E-state index in [2.05, 4.69) is 45.1 Å². The van der Waals surface area contributed by atoms with Gasteiger partial charge in [-0.15, -0.1) is 0 Å². The predicted octanol–water partition coefficient (Wildman–Crippen LogP) is 2.36. The van der Waals surface area contributed by atoms with Crippen molar-refractivity contribution in [1.29, 1.82) is 0 Å². The van der Waals surface area contributed by atoms with Gasteiger partial charge in [0.2, 0.25) is 0 Å². The Labute approximate surface area is 166 Å². The lowest BCUT2D eigenvalue weighted by Gasteiger charge is -2.44. The molecule has 1 aliphatic carbocycles. The van der Waals surface area contributed by atoms with Crippen LogP contribution in [-0.2, 0) is 16.7 Å². The van der Waals surface area contributed by atoms with Crippen molar-refractivity contribution in [2.24, 2.45) is 0 Å². The highest BCUT2D eigenvalue weighted by Crippen LogP contribution is 2.52. The van der Waals surface area contributed by atoms with Crippen LogP contribution in [-0.4, -0.2) is 65.4 Å². The molecule has 1 N–H and O–H groups in total. The van der Waals surface area contributed by atoms with Crippen LogP contribution in [0, 0.1) is 0 Å². The number of pyridine rings is 1. The van der Waals surface area contributed by atoms with Gasteiger partial charge in [-0.3, -0.25) is 14.8 Å². The molecule has 0 radical (unpaired) electrons. The fourth-order valence-electron chi connectivity index (χ4n) is 5.52. The second-order valence-corrected chi connectivity index (χ2v) is 8.42. The second kappa shape index (κ2) is 7.56. The molecule has 0 saturated carbocycles. The first-order chi connectivity index (χ1) is 13.8. The molecular weight excluding hydrogens is 350 g/mol. The number of fused-ring (bicyclic) bond motifs is 2. The van der Waals surface area contributed by atoms with Crippen molar-refractivity contribution in [1.82, 2.24) is 14.8 Å². The SMILES string of the molecule is O[C@H]1[C@H](N2CCOCC2)c2ccccc2C12CCN(Cc1cccnc1)CC2. The predicted molar refractivity (Wildman–Crippen MR) is 108 cm³/mol. The number of morpholine rings is 1. The van der Waals surface area contributed by atoms with Crippen LogP contribution in [0.15, 0.2) is 48.8 Å². The summed E-state index contributed by atoms with van der Waals surface area (Å²) in [5.41, 5.74) is 3.85. The molecule has 1 spiro atoms. The molecule has 0 bridgehead atoms. The van der Waals surface area contributed by atoms with E-state index < -0.39 is 0 Å². The lowest BCUT2D eigenvalue weighted by molar-refractivity contribution is -0.0493. The minimum Gasteiger partial charge on any atom is -0.390 e. The Bertz CT molecular complexity index is 799. The molecule has 28 heavy (non-hydrogen) atoms. The maximum Gasteiger partial charge on any atom is 0.0834 e. The normalized spacial score (nSPS) is 27.8. The zero-order valence-electron chi connectivity index (χ0n) is 16.3. The summed E-state index contributed by atoms with van der Waals surface area (Å²) in [5, 5.41) is 11.6. The number of nitrogens with zero attached hydrogens (tertiary/aromatic N) is 3. The molecule has 0 amide bonds. The van der Waals surface area contributed by atoms with Crippen LogP contribution in [0.2, 0.25) is 0 Å². The van der Waals surface area contributed by atoms with Gasteiger partial charge in [0.05, 0.1) is 25.4 Å². The molecule has 5 rings (SSSR count). The largest absolute Gasteiger partial charge is 0.390 e. The fraction of sp³-hybridized carbons (Fsp3) is 0.522. The topological polar surface area (TPSA) is 48.8 Å². The number of likely N-dealkylation sites (tertiary alicyclic amines) is 1. The van der Waals surface area contributed by atoms with Crippen molar-refractivity contribution in [3.63, 3.8) is 0 Å². The highest BCUT2D eigenvalue weighted by atomic mass is 16.5. The molecule has 5 nitrogen and oxygen atoms in total.